The lowest BCUT2D eigenvalue weighted by molar-refractivity contribution is 0.630. The molecule has 4 aliphatic rings. The van der Waals surface area contributed by atoms with Crippen molar-refractivity contribution in [2.45, 2.75) is 11.3 Å². The molecule has 4 aliphatic carbocycles. The zero-order valence-corrected chi connectivity index (χ0v) is 13.7. The smallest absolute Gasteiger partial charge is 0.0783 e. The molecule has 0 nitrogen and oxygen atoms in total. The van der Waals surface area contributed by atoms with E-state index in [4.69, 9.17) is 0 Å². The molecule has 7 rings (SSSR count). The third kappa shape index (κ3) is 1.41. The van der Waals surface area contributed by atoms with Gasteiger partial charge in [-0.25, -0.2) is 0 Å². The highest BCUT2D eigenvalue weighted by atomic mass is 14.5. The van der Waals surface area contributed by atoms with Crippen LogP contribution in [0.2, 0.25) is 0 Å². The second-order valence-corrected chi connectivity index (χ2v) is 7.03. The van der Waals surface area contributed by atoms with Gasteiger partial charge in [0.15, 0.2) is 0 Å². The van der Waals surface area contributed by atoms with E-state index < -0.39 is 0 Å². The molecule has 2 bridgehead atoms. The van der Waals surface area contributed by atoms with Crippen LogP contribution in [0.3, 0.4) is 0 Å². The maximum Gasteiger partial charge on any atom is 0.0783 e. The van der Waals surface area contributed by atoms with E-state index in [0.29, 0.717) is 5.92 Å². The Bertz CT molecular complexity index is 1020. The van der Waals surface area contributed by atoms with Gasteiger partial charge in [0.1, 0.15) is 0 Å². The van der Waals surface area contributed by atoms with Crippen molar-refractivity contribution in [2.75, 3.05) is 0 Å². The van der Waals surface area contributed by atoms with Crippen molar-refractivity contribution < 1.29 is 0 Å². The fourth-order valence-electron chi connectivity index (χ4n) is 5.21. The summed E-state index contributed by atoms with van der Waals surface area (Å²) in [6.07, 6.45) is 6.38. The molecule has 0 amide bonds. The lowest BCUT2D eigenvalue weighted by Crippen LogP contribution is -2.43. The minimum absolute atomic E-state index is 0.248. The van der Waals surface area contributed by atoms with Gasteiger partial charge in [-0.1, -0.05) is 78.9 Å². The van der Waals surface area contributed by atoms with Crippen LogP contribution in [0.25, 0.3) is 0 Å². The number of allylic oxidation sites excluding steroid dienone is 3. The molecule has 116 valence electrons. The number of hydrogen-bond acceptors (Lipinski definition) is 0. The standard InChI is InChI=1S/C25H16/c1-2-10-17(9-1)25-21-14-6-3-11-18(21)24(19-12-4-7-15-22(19)25)20-13-5-8-16-23(20)25/h1-9,11-16,24H. The Labute approximate surface area is 147 Å². The van der Waals surface area contributed by atoms with Crippen molar-refractivity contribution in [1.82, 2.24) is 0 Å². The van der Waals surface area contributed by atoms with Crippen LogP contribution in [0.15, 0.2) is 102 Å². The van der Waals surface area contributed by atoms with Gasteiger partial charge in [0, 0.05) is 11.5 Å². The van der Waals surface area contributed by atoms with Crippen molar-refractivity contribution >= 4 is 0 Å². The van der Waals surface area contributed by atoms with Gasteiger partial charge in [0.2, 0.25) is 0 Å². The molecule has 0 heteroatoms. The van der Waals surface area contributed by atoms with Gasteiger partial charge in [0.25, 0.3) is 0 Å². The zero-order chi connectivity index (χ0) is 16.4. The quantitative estimate of drug-likeness (QED) is 0.522. The first kappa shape index (κ1) is 13.2. The predicted molar refractivity (Wildman–Crippen MR) is 101 cm³/mol. The molecule has 0 aliphatic heterocycles. The minimum atomic E-state index is -0.248. The second kappa shape index (κ2) is 4.51. The SMILES string of the molecule is C1=CC=CC=1C12c3ccccc3C(c3ccccc31)c1ccccc12. The summed E-state index contributed by atoms with van der Waals surface area (Å²) in [5, 5.41) is 0. The Morgan fingerprint density at radius 1 is 0.640 bits per heavy atom. The second-order valence-electron chi connectivity index (χ2n) is 7.03. The molecule has 3 aromatic carbocycles. The summed E-state index contributed by atoms with van der Waals surface area (Å²) in [5.74, 6) is 0.334. The Kier molecular flexibility index (Phi) is 2.39. The Balaban J connectivity index is 1.88. The first-order valence-electron chi connectivity index (χ1n) is 8.84. The van der Waals surface area contributed by atoms with Crippen LogP contribution in [-0.2, 0) is 5.41 Å². The molecule has 0 radical (unpaired) electrons. The molecule has 0 spiro atoms. The van der Waals surface area contributed by atoms with E-state index in [9.17, 15) is 0 Å². The molecule has 0 saturated carbocycles. The van der Waals surface area contributed by atoms with Crippen LogP contribution in [0.1, 0.15) is 39.3 Å². The molecule has 0 unspecified atom stereocenters. The highest BCUT2D eigenvalue weighted by Crippen LogP contribution is 2.61. The highest BCUT2D eigenvalue weighted by molar-refractivity contribution is 5.77. The molecule has 0 N–H and O–H groups in total. The van der Waals surface area contributed by atoms with Crippen LogP contribution >= 0.6 is 0 Å². The average molecular weight is 316 g/mol. The van der Waals surface area contributed by atoms with E-state index in [2.05, 4.69) is 90.7 Å². The molecular weight excluding hydrogens is 300 g/mol. The normalized spacial score (nSPS) is 23.8. The van der Waals surface area contributed by atoms with Gasteiger partial charge in [-0.05, 0) is 45.5 Å². The molecular formula is C25H16. The summed E-state index contributed by atoms with van der Waals surface area (Å²) in [6, 6.07) is 26.9. The number of hydrogen-bond donors (Lipinski definition) is 0. The van der Waals surface area contributed by atoms with Crippen molar-refractivity contribution in [1.29, 1.82) is 0 Å². The zero-order valence-electron chi connectivity index (χ0n) is 13.7. The van der Waals surface area contributed by atoms with Crippen LogP contribution in [0, 0.1) is 0 Å². The first-order valence-corrected chi connectivity index (χ1v) is 8.84. The molecule has 0 aromatic heterocycles. The van der Waals surface area contributed by atoms with E-state index in [1.54, 1.807) is 0 Å². The van der Waals surface area contributed by atoms with Crippen molar-refractivity contribution in [3.63, 3.8) is 0 Å². The fourth-order valence-corrected chi connectivity index (χ4v) is 5.21. The Morgan fingerprint density at radius 3 is 1.56 bits per heavy atom. The van der Waals surface area contributed by atoms with E-state index >= 15 is 0 Å². The largest absolute Gasteiger partial charge is 0.116 e. The molecule has 3 aromatic rings. The van der Waals surface area contributed by atoms with E-state index in [0.717, 1.165) is 0 Å². The van der Waals surface area contributed by atoms with E-state index in [-0.39, 0.29) is 5.41 Å². The van der Waals surface area contributed by atoms with Gasteiger partial charge in [0.05, 0.1) is 5.41 Å². The summed E-state index contributed by atoms with van der Waals surface area (Å²) in [5.41, 5.74) is 13.1. The van der Waals surface area contributed by atoms with Gasteiger partial charge < -0.3 is 0 Å². The maximum atomic E-state index is 3.55. The minimum Gasteiger partial charge on any atom is -0.116 e. The fraction of sp³-hybridized carbons (Fsp3) is 0.0800. The molecule has 0 saturated heterocycles. The van der Waals surface area contributed by atoms with Crippen LogP contribution < -0.4 is 0 Å². The monoisotopic (exact) mass is 316 g/mol. The summed E-state index contributed by atoms with van der Waals surface area (Å²) in [7, 11) is 0. The topological polar surface area (TPSA) is 0 Å². The van der Waals surface area contributed by atoms with Crippen molar-refractivity contribution in [2.24, 2.45) is 0 Å². The number of benzene rings is 3. The van der Waals surface area contributed by atoms with Gasteiger partial charge in [-0.3, -0.25) is 0 Å². The number of rotatable bonds is 1. The maximum absolute atomic E-state index is 3.55. The average Bonchev–Trinajstić information content (AvgIpc) is 3.23. The van der Waals surface area contributed by atoms with E-state index in [1.807, 2.05) is 6.08 Å². The lowest BCUT2D eigenvalue weighted by Gasteiger charge is -2.50. The van der Waals surface area contributed by atoms with Gasteiger partial charge in [-0.2, -0.15) is 0 Å². The molecule has 0 atom stereocenters. The lowest BCUT2D eigenvalue weighted by atomic mass is 9.51. The molecule has 0 fully saturated rings. The molecule has 25 heavy (non-hydrogen) atoms. The van der Waals surface area contributed by atoms with Crippen molar-refractivity contribution in [3.05, 3.63) is 136 Å². The Hall–Kier alpha value is -3.08. The predicted octanol–water partition coefficient (Wildman–Crippen LogP) is 5.48. The van der Waals surface area contributed by atoms with Crippen LogP contribution in [0.4, 0.5) is 0 Å². The third-order valence-electron chi connectivity index (χ3n) is 6.03. The van der Waals surface area contributed by atoms with Crippen molar-refractivity contribution in [3.8, 4) is 0 Å². The molecule has 0 heterocycles. The third-order valence-corrected chi connectivity index (χ3v) is 6.03. The van der Waals surface area contributed by atoms with Gasteiger partial charge >= 0.3 is 0 Å². The first-order chi connectivity index (χ1) is 12.4. The summed E-state index contributed by atoms with van der Waals surface area (Å²) >= 11 is 0. The van der Waals surface area contributed by atoms with Crippen LogP contribution in [0.5, 0.6) is 0 Å². The van der Waals surface area contributed by atoms with Crippen LogP contribution in [-0.4, -0.2) is 0 Å². The summed E-state index contributed by atoms with van der Waals surface area (Å²) < 4.78 is 0. The Morgan fingerprint density at radius 2 is 1.12 bits per heavy atom. The highest BCUT2D eigenvalue weighted by Gasteiger charge is 2.53. The summed E-state index contributed by atoms with van der Waals surface area (Å²) in [6.45, 7) is 0. The van der Waals surface area contributed by atoms with E-state index in [1.165, 1.54) is 39.0 Å². The summed E-state index contributed by atoms with van der Waals surface area (Å²) in [4.78, 5) is 0. The van der Waals surface area contributed by atoms with Gasteiger partial charge in [-0.15, -0.1) is 5.73 Å².